The van der Waals surface area contributed by atoms with Crippen molar-refractivity contribution in [2.24, 2.45) is 0 Å². The van der Waals surface area contributed by atoms with Gasteiger partial charge in [0.25, 0.3) is 0 Å². The van der Waals surface area contributed by atoms with Crippen molar-refractivity contribution < 1.29 is 14.6 Å². The number of aromatic hydroxyl groups is 1. The first-order valence-electron chi connectivity index (χ1n) is 7.29. The fourth-order valence-corrected chi connectivity index (χ4v) is 2.30. The molecule has 2 rings (SSSR count). The lowest BCUT2D eigenvalue weighted by Gasteiger charge is -2.07. The molecule has 23 heavy (non-hydrogen) atoms. The van der Waals surface area contributed by atoms with Gasteiger partial charge in [0.05, 0.1) is 18.2 Å². The zero-order valence-corrected chi connectivity index (χ0v) is 13.0. The molecule has 0 aliphatic heterocycles. The van der Waals surface area contributed by atoms with E-state index in [2.05, 4.69) is 14.7 Å². The Morgan fingerprint density at radius 3 is 2.39 bits per heavy atom. The van der Waals surface area contributed by atoms with Crippen LogP contribution in [0.25, 0.3) is 0 Å². The third-order valence-corrected chi connectivity index (χ3v) is 3.55. The minimum Gasteiger partial charge on any atom is -0.493 e. The third kappa shape index (κ3) is 4.32. The lowest BCUT2D eigenvalue weighted by atomic mass is 10.0. The summed E-state index contributed by atoms with van der Waals surface area (Å²) in [7, 11) is 1.36. The molecule has 1 heterocycles. The summed E-state index contributed by atoms with van der Waals surface area (Å²) in [5, 5.41) is 9.74. The number of methoxy groups -OCH3 is 1. The molecular formula is C16H20N4O3. The van der Waals surface area contributed by atoms with Gasteiger partial charge in [-0.05, 0) is 43.4 Å². The van der Waals surface area contributed by atoms with Gasteiger partial charge in [-0.2, -0.15) is 9.97 Å². The minimum atomic E-state index is -0.342. The maximum Gasteiger partial charge on any atom is 0.337 e. The highest BCUT2D eigenvalue weighted by atomic mass is 16.5. The highest BCUT2D eigenvalue weighted by Crippen LogP contribution is 2.22. The predicted octanol–water partition coefficient (Wildman–Crippen LogP) is 1.70. The van der Waals surface area contributed by atoms with E-state index in [1.54, 1.807) is 12.1 Å². The molecule has 122 valence electrons. The van der Waals surface area contributed by atoms with Crippen LogP contribution in [0.15, 0.2) is 24.3 Å². The summed E-state index contributed by atoms with van der Waals surface area (Å²) < 4.78 is 4.66. The quantitative estimate of drug-likeness (QED) is 0.547. The smallest absolute Gasteiger partial charge is 0.337 e. The number of rotatable bonds is 6. The molecule has 1 aromatic carbocycles. The first-order chi connectivity index (χ1) is 11.0. The van der Waals surface area contributed by atoms with Crippen molar-refractivity contribution in [1.29, 1.82) is 0 Å². The van der Waals surface area contributed by atoms with Crippen LogP contribution < -0.4 is 11.5 Å². The first-order valence-corrected chi connectivity index (χ1v) is 7.29. The van der Waals surface area contributed by atoms with Gasteiger partial charge in [0.2, 0.25) is 11.8 Å². The fourth-order valence-electron chi connectivity index (χ4n) is 2.30. The minimum absolute atomic E-state index is 0.0329. The van der Waals surface area contributed by atoms with Crippen molar-refractivity contribution in [2.75, 3.05) is 18.6 Å². The molecule has 0 atom stereocenters. The number of nitrogens with two attached hydrogens (primary N) is 2. The Hall–Kier alpha value is -2.83. The largest absolute Gasteiger partial charge is 0.493 e. The number of hydrogen-bond donors (Lipinski definition) is 3. The molecule has 0 spiro atoms. The average Bonchev–Trinajstić information content (AvgIpc) is 2.53. The van der Waals surface area contributed by atoms with Crippen LogP contribution in [0, 0.1) is 0 Å². The number of esters is 1. The molecule has 1 aromatic heterocycles. The van der Waals surface area contributed by atoms with Gasteiger partial charge in [-0.15, -0.1) is 0 Å². The molecule has 0 saturated heterocycles. The Labute approximate surface area is 134 Å². The highest BCUT2D eigenvalue weighted by Gasteiger charge is 2.10. The molecule has 7 nitrogen and oxygen atoms in total. The first kappa shape index (κ1) is 16.5. The second kappa shape index (κ2) is 7.44. The van der Waals surface area contributed by atoms with Crippen LogP contribution in [-0.4, -0.2) is 28.2 Å². The van der Waals surface area contributed by atoms with E-state index in [9.17, 15) is 9.90 Å². The summed E-state index contributed by atoms with van der Waals surface area (Å²) in [6, 6.07) is 7.31. The van der Waals surface area contributed by atoms with Crippen LogP contribution in [0.5, 0.6) is 5.88 Å². The molecule has 0 fully saturated rings. The second-order valence-corrected chi connectivity index (χ2v) is 5.16. The number of aryl methyl sites for hydroxylation is 1. The fraction of sp³-hybridized carbons (Fsp3) is 0.312. The van der Waals surface area contributed by atoms with Gasteiger partial charge in [0.1, 0.15) is 5.82 Å². The van der Waals surface area contributed by atoms with Crippen molar-refractivity contribution in [2.45, 2.75) is 25.7 Å². The summed E-state index contributed by atoms with van der Waals surface area (Å²) in [6.45, 7) is 0. The van der Waals surface area contributed by atoms with E-state index in [4.69, 9.17) is 11.5 Å². The van der Waals surface area contributed by atoms with Crippen molar-refractivity contribution in [3.8, 4) is 5.88 Å². The van der Waals surface area contributed by atoms with Gasteiger partial charge in [0.15, 0.2) is 0 Å². The van der Waals surface area contributed by atoms with Gasteiger partial charge < -0.3 is 21.3 Å². The van der Waals surface area contributed by atoms with E-state index in [0.29, 0.717) is 17.5 Å². The molecule has 0 bridgehead atoms. The second-order valence-electron chi connectivity index (χ2n) is 5.16. The van der Waals surface area contributed by atoms with E-state index in [1.807, 2.05) is 12.1 Å². The summed E-state index contributed by atoms with van der Waals surface area (Å²) in [5.74, 6) is -0.310. The summed E-state index contributed by atoms with van der Waals surface area (Å²) in [5.41, 5.74) is 13.3. The van der Waals surface area contributed by atoms with Crippen molar-refractivity contribution >= 4 is 17.7 Å². The zero-order valence-electron chi connectivity index (χ0n) is 13.0. The number of anilines is 2. The van der Waals surface area contributed by atoms with Crippen molar-refractivity contribution in [1.82, 2.24) is 9.97 Å². The average molecular weight is 316 g/mol. The molecule has 2 aromatic rings. The number of hydrogen-bond acceptors (Lipinski definition) is 7. The van der Waals surface area contributed by atoms with E-state index >= 15 is 0 Å². The van der Waals surface area contributed by atoms with Crippen LogP contribution in [0.3, 0.4) is 0 Å². The van der Waals surface area contributed by atoms with Gasteiger partial charge in [0, 0.05) is 0 Å². The maximum absolute atomic E-state index is 11.4. The number of carbonyl (C=O) groups excluding carboxylic acids is 1. The SMILES string of the molecule is COC(=O)c1ccc(CCCCc2c(N)nc(N)nc2O)cc1. The summed E-state index contributed by atoms with van der Waals surface area (Å²) >= 11 is 0. The van der Waals surface area contributed by atoms with Crippen LogP contribution in [0.1, 0.15) is 34.3 Å². The predicted molar refractivity (Wildman–Crippen MR) is 86.9 cm³/mol. The molecule has 7 heteroatoms. The highest BCUT2D eigenvalue weighted by molar-refractivity contribution is 5.89. The number of aromatic nitrogens is 2. The van der Waals surface area contributed by atoms with Crippen molar-refractivity contribution in [3.05, 3.63) is 41.0 Å². The third-order valence-electron chi connectivity index (χ3n) is 3.55. The maximum atomic E-state index is 11.4. The molecule has 5 N–H and O–H groups in total. The van der Waals surface area contributed by atoms with Gasteiger partial charge >= 0.3 is 5.97 Å². The molecule has 0 radical (unpaired) electrons. The van der Waals surface area contributed by atoms with E-state index in [0.717, 1.165) is 24.8 Å². The Kier molecular flexibility index (Phi) is 5.35. The number of nitrogen functional groups attached to an aromatic ring is 2. The van der Waals surface area contributed by atoms with Gasteiger partial charge in [-0.1, -0.05) is 12.1 Å². The lowest BCUT2D eigenvalue weighted by molar-refractivity contribution is 0.0600. The van der Waals surface area contributed by atoms with E-state index in [1.165, 1.54) is 7.11 Å². The topological polar surface area (TPSA) is 124 Å². The van der Waals surface area contributed by atoms with Crippen LogP contribution in [-0.2, 0) is 17.6 Å². The normalized spacial score (nSPS) is 10.5. The number of benzene rings is 1. The zero-order chi connectivity index (χ0) is 16.8. The van der Waals surface area contributed by atoms with Crippen LogP contribution in [0.4, 0.5) is 11.8 Å². The molecule has 0 amide bonds. The van der Waals surface area contributed by atoms with E-state index in [-0.39, 0.29) is 23.6 Å². The van der Waals surface area contributed by atoms with Crippen LogP contribution >= 0.6 is 0 Å². The number of unbranched alkanes of at least 4 members (excludes halogenated alkanes) is 1. The standard InChI is InChI=1S/C16H20N4O3/c1-23-15(22)11-8-6-10(7-9-11)4-2-3-5-12-13(17)19-16(18)20-14(12)21/h6-9H,2-5H2,1H3,(H5,17,18,19,20,21). The van der Waals surface area contributed by atoms with E-state index < -0.39 is 0 Å². The lowest BCUT2D eigenvalue weighted by Crippen LogP contribution is -2.04. The molecule has 0 aliphatic rings. The van der Waals surface area contributed by atoms with Gasteiger partial charge in [-0.3, -0.25) is 0 Å². The molecule has 0 saturated carbocycles. The molecule has 0 aliphatic carbocycles. The Morgan fingerprint density at radius 1 is 1.13 bits per heavy atom. The van der Waals surface area contributed by atoms with Crippen LogP contribution in [0.2, 0.25) is 0 Å². The molecule has 0 unspecified atom stereocenters. The Balaban J connectivity index is 1.85. The Bertz CT molecular complexity index is 663. The monoisotopic (exact) mass is 316 g/mol. The van der Waals surface area contributed by atoms with Gasteiger partial charge in [-0.25, -0.2) is 4.79 Å². The Morgan fingerprint density at radius 2 is 1.78 bits per heavy atom. The molecular weight excluding hydrogens is 296 g/mol. The number of carbonyl (C=O) groups is 1. The number of nitrogens with zero attached hydrogens (tertiary/aromatic N) is 2. The number of ether oxygens (including phenoxy) is 1. The summed E-state index contributed by atoms with van der Waals surface area (Å²) in [4.78, 5) is 18.9. The summed E-state index contributed by atoms with van der Waals surface area (Å²) in [6.07, 6.45) is 3.17. The van der Waals surface area contributed by atoms with Crippen molar-refractivity contribution in [3.63, 3.8) is 0 Å².